The van der Waals surface area contributed by atoms with Gasteiger partial charge in [-0.15, -0.1) is 0 Å². The van der Waals surface area contributed by atoms with Gasteiger partial charge in [0.25, 0.3) is 0 Å². The number of rotatable bonds is 6. The molecular weight excluding hydrogens is 376 g/mol. The lowest BCUT2D eigenvalue weighted by molar-refractivity contribution is -0.148. The zero-order valence-electron chi connectivity index (χ0n) is 17.7. The molecule has 0 radical (unpaired) electrons. The Balaban J connectivity index is 1.97. The fraction of sp³-hybridized carbons (Fsp3) is 0.682. The molecule has 0 saturated heterocycles. The first-order valence-electron chi connectivity index (χ1n) is 10.5. The Morgan fingerprint density at radius 1 is 0.897 bits per heavy atom. The van der Waals surface area contributed by atoms with E-state index in [2.05, 4.69) is 6.92 Å². The van der Waals surface area contributed by atoms with Crippen LogP contribution in [-0.2, 0) is 23.7 Å². The summed E-state index contributed by atoms with van der Waals surface area (Å²) >= 11 is 0. The minimum absolute atomic E-state index is 0.174. The molecule has 1 aromatic rings. The molecule has 29 heavy (non-hydrogen) atoms. The van der Waals surface area contributed by atoms with Gasteiger partial charge in [-0.1, -0.05) is 25.8 Å². The van der Waals surface area contributed by atoms with E-state index in [4.69, 9.17) is 28.4 Å². The molecule has 0 amide bonds. The molecule has 0 spiro atoms. The first-order valence-corrected chi connectivity index (χ1v) is 10.5. The van der Waals surface area contributed by atoms with Crippen molar-refractivity contribution in [2.45, 2.75) is 45.6 Å². The minimum Gasteiger partial charge on any atom is -0.487 e. The fourth-order valence-corrected chi connectivity index (χ4v) is 2.82. The van der Waals surface area contributed by atoms with Crippen LogP contribution in [0.25, 0.3) is 0 Å². The Morgan fingerprint density at radius 2 is 1.48 bits per heavy atom. The summed E-state index contributed by atoms with van der Waals surface area (Å²) in [5.74, 6) is 1.06. The predicted octanol–water partition coefficient (Wildman–Crippen LogP) is 3.69. The number of unbranched alkanes of at least 4 members (excludes halogenated alkanes) is 2. The molecule has 1 aliphatic heterocycles. The summed E-state index contributed by atoms with van der Waals surface area (Å²) in [5.41, 5.74) is 0.861. The molecule has 0 aliphatic carbocycles. The third-order valence-corrected chi connectivity index (χ3v) is 4.44. The first kappa shape index (κ1) is 23.4. The lowest BCUT2D eigenvalue weighted by atomic mass is 10.1. The van der Waals surface area contributed by atoms with Crippen molar-refractivity contribution in [3.8, 4) is 11.5 Å². The molecule has 0 N–H and O–H groups in total. The molecule has 0 aromatic heterocycles. The molecule has 0 saturated carbocycles. The normalized spacial score (nSPS) is 17.6. The van der Waals surface area contributed by atoms with E-state index in [0.717, 1.165) is 24.8 Å². The molecule has 0 unspecified atom stereocenters. The topological polar surface area (TPSA) is 72.5 Å². The standard InChI is InChI=1S/C22H34O7/c1-3-4-5-6-22(23)29-18(2)19-7-8-20-21(17-19)28-16-14-26-12-10-24-9-11-25-13-15-27-20/h7-8,17-18H,3-6,9-16H2,1-2H3/t18-/m1/s1. The Morgan fingerprint density at radius 3 is 2.10 bits per heavy atom. The van der Waals surface area contributed by atoms with Crippen LogP contribution in [0.3, 0.4) is 0 Å². The van der Waals surface area contributed by atoms with Gasteiger partial charge in [0.2, 0.25) is 0 Å². The van der Waals surface area contributed by atoms with Crippen molar-refractivity contribution in [3.63, 3.8) is 0 Å². The van der Waals surface area contributed by atoms with Gasteiger partial charge < -0.3 is 28.4 Å². The summed E-state index contributed by atoms with van der Waals surface area (Å²) in [6.45, 7) is 7.79. The molecule has 7 nitrogen and oxygen atoms in total. The SMILES string of the molecule is CCCCCC(=O)O[C@H](C)c1ccc2c(c1)OCCOCCOCCOCCO2. The molecule has 164 valence electrons. The van der Waals surface area contributed by atoms with Gasteiger partial charge in [-0.05, 0) is 31.0 Å². The van der Waals surface area contributed by atoms with E-state index in [0.29, 0.717) is 70.8 Å². The minimum atomic E-state index is -0.355. The summed E-state index contributed by atoms with van der Waals surface area (Å²) < 4.78 is 33.6. The predicted molar refractivity (Wildman–Crippen MR) is 109 cm³/mol. The molecule has 0 bridgehead atoms. The van der Waals surface area contributed by atoms with Crippen molar-refractivity contribution in [2.24, 2.45) is 0 Å². The summed E-state index contributed by atoms with van der Waals surface area (Å²) in [7, 11) is 0. The monoisotopic (exact) mass is 410 g/mol. The highest BCUT2D eigenvalue weighted by atomic mass is 16.6. The van der Waals surface area contributed by atoms with E-state index in [9.17, 15) is 4.79 Å². The molecule has 0 fully saturated rings. The van der Waals surface area contributed by atoms with Gasteiger partial charge in [0.05, 0.1) is 39.6 Å². The molecule has 7 heteroatoms. The van der Waals surface area contributed by atoms with Gasteiger partial charge in [-0.3, -0.25) is 4.79 Å². The van der Waals surface area contributed by atoms with Gasteiger partial charge in [0.1, 0.15) is 19.3 Å². The van der Waals surface area contributed by atoms with Gasteiger partial charge in [0, 0.05) is 6.42 Å². The number of esters is 1. The van der Waals surface area contributed by atoms with Crippen LogP contribution >= 0.6 is 0 Å². The average Bonchev–Trinajstić information content (AvgIpc) is 2.72. The van der Waals surface area contributed by atoms with E-state index in [1.807, 2.05) is 25.1 Å². The summed E-state index contributed by atoms with van der Waals surface area (Å²) in [6.07, 6.45) is 3.06. The molecule has 1 aromatic carbocycles. The van der Waals surface area contributed by atoms with Gasteiger partial charge in [-0.25, -0.2) is 0 Å². The number of carbonyl (C=O) groups excluding carboxylic acids is 1. The van der Waals surface area contributed by atoms with E-state index in [1.54, 1.807) is 0 Å². The Bertz CT molecular complexity index is 591. The quantitative estimate of drug-likeness (QED) is 0.523. The number of carbonyl (C=O) groups is 1. The van der Waals surface area contributed by atoms with Crippen LogP contribution in [0.4, 0.5) is 0 Å². The summed E-state index contributed by atoms with van der Waals surface area (Å²) in [5, 5.41) is 0. The number of hydrogen-bond acceptors (Lipinski definition) is 7. The molecular formula is C22H34O7. The van der Waals surface area contributed by atoms with Gasteiger partial charge >= 0.3 is 5.97 Å². The van der Waals surface area contributed by atoms with Crippen LogP contribution in [-0.4, -0.2) is 58.8 Å². The maximum absolute atomic E-state index is 12.0. The zero-order valence-corrected chi connectivity index (χ0v) is 17.7. The van der Waals surface area contributed by atoms with Crippen LogP contribution < -0.4 is 9.47 Å². The van der Waals surface area contributed by atoms with Crippen molar-refractivity contribution < 1.29 is 33.2 Å². The second kappa shape index (κ2) is 14.2. The van der Waals surface area contributed by atoms with E-state index in [1.165, 1.54) is 0 Å². The largest absolute Gasteiger partial charge is 0.487 e. The number of ether oxygens (including phenoxy) is 6. The third-order valence-electron chi connectivity index (χ3n) is 4.44. The Hall–Kier alpha value is -1.83. The smallest absolute Gasteiger partial charge is 0.306 e. The Labute approximate surface area is 173 Å². The van der Waals surface area contributed by atoms with Crippen molar-refractivity contribution >= 4 is 5.97 Å². The number of fused-ring (bicyclic) bond motifs is 1. The molecule has 1 heterocycles. The number of hydrogen-bond donors (Lipinski definition) is 0. The summed E-state index contributed by atoms with van der Waals surface area (Å²) in [6, 6.07) is 5.60. The maximum atomic E-state index is 12.0. The van der Waals surface area contributed by atoms with Crippen LogP contribution in [0.2, 0.25) is 0 Å². The highest BCUT2D eigenvalue weighted by Gasteiger charge is 2.15. The van der Waals surface area contributed by atoms with Crippen LogP contribution in [0.1, 0.15) is 51.2 Å². The van der Waals surface area contributed by atoms with Crippen molar-refractivity contribution in [2.75, 3.05) is 52.9 Å². The molecule has 1 atom stereocenters. The van der Waals surface area contributed by atoms with Crippen LogP contribution in [0, 0.1) is 0 Å². The lowest BCUT2D eigenvalue weighted by Gasteiger charge is -2.18. The fourth-order valence-electron chi connectivity index (χ4n) is 2.82. The number of benzene rings is 1. The zero-order chi connectivity index (χ0) is 20.7. The first-order chi connectivity index (χ1) is 14.2. The maximum Gasteiger partial charge on any atom is 0.306 e. The second-order valence-electron chi connectivity index (χ2n) is 6.83. The molecule has 1 aliphatic rings. The Kier molecular flexibility index (Phi) is 11.5. The van der Waals surface area contributed by atoms with Gasteiger partial charge in [-0.2, -0.15) is 0 Å². The van der Waals surface area contributed by atoms with Crippen molar-refractivity contribution in [3.05, 3.63) is 23.8 Å². The van der Waals surface area contributed by atoms with E-state index < -0.39 is 0 Å². The van der Waals surface area contributed by atoms with Crippen LogP contribution in [0.5, 0.6) is 11.5 Å². The average molecular weight is 411 g/mol. The van der Waals surface area contributed by atoms with Crippen LogP contribution in [0.15, 0.2) is 18.2 Å². The van der Waals surface area contributed by atoms with E-state index in [-0.39, 0.29) is 12.1 Å². The third kappa shape index (κ3) is 9.47. The summed E-state index contributed by atoms with van der Waals surface area (Å²) in [4.78, 5) is 12.0. The van der Waals surface area contributed by atoms with E-state index >= 15 is 0 Å². The molecule has 2 rings (SSSR count). The highest BCUT2D eigenvalue weighted by Crippen LogP contribution is 2.32. The van der Waals surface area contributed by atoms with Crippen molar-refractivity contribution in [1.29, 1.82) is 0 Å². The van der Waals surface area contributed by atoms with Gasteiger partial charge in [0.15, 0.2) is 11.5 Å². The van der Waals surface area contributed by atoms with Crippen molar-refractivity contribution in [1.82, 2.24) is 0 Å². The lowest BCUT2D eigenvalue weighted by Crippen LogP contribution is -2.13. The highest BCUT2D eigenvalue weighted by molar-refractivity contribution is 5.69. The second-order valence-corrected chi connectivity index (χ2v) is 6.83.